The molecule has 0 aromatic heterocycles. The third kappa shape index (κ3) is 4.96. The van der Waals surface area contributed by atoms with Crippen LogP contribution in [-0.2, 0) is 9.59 Å². The largest absolute Gasteiger partial charge is 0.497 e. The minimum atomic E-state index is -0.363. The van der Waals surface area contributed by atoms with Crippen LogP contribution >= 0.6 is 15.9 Å². The Morgan fingerprint density at radius 1 is 1.03 bits per heavy atom. The van der Waals surface area contributed by atoms with E-state index in [4.69, 9.17) is 9.73 Å². The highest BCUT2D eigenvalue weighted by molar-refractivity contribution is 9.10. The Labute approximate surface area is 229 Å². The van der Waals surface area contributed by atoms with Crippen molar-refractivity contribution in [1.29, 1.82) is 0 Å². The maximum absolute atomic E-state index is 13.0. The zero-order chi connectivity index (χ0) is 27.0. The van der Waals surface area contributed by atoms with Gasteiger partial charge in [-0.1, -0.05) is 28.1 Å². The summed E-state index contributed by atoms with van der Waals surface area (Å²) in [7, 11) is 1.59. The number of hydrogen-bond acceptors (Lipinski definition) is 7. The topological polar surface area (TPSA) is 94.5 Å². The Kier molecular flexibility index (Phi) is 7.07. The summed E-state index contributed by atoms with van der Waals surface area (Å²) < 4.78 is 6.14. The highest BCUT2D eigenvalue weighted by Crippen LogP contribution is 2.36. The van der Waals surface area contributed by atoms with Gasteiger partial charge in [0.25, 0.3) is 17.7 Å². The molecule has 0 bridgehead atoms. The minimum absolute atomic E-state index is 0.0122. The molecular weight excluding hydrogens is 550 g/mol. The molecule has 3 heterocycles. The normalized spacial score (nSPS) is 18.7. The first-order valence-electron chi connectivity index (χ1n) is 12.3. The maximum atomic E-state index is 13.0. The number of nitrogens with zero attached hydrogens (tertiary/aromatic N) is 4. The molecule has 10 heteroatoms. The van der Waals surface area contributed by atoms with E-state index in [0.29, 0.717) is 60.9 Å². The van der Waals surface area contributed by atoms with Crippen molar-refractivity contribution in [2.45, 2.75) is 20.3 Å². The molecule has 5 rings (SSSR count). The fraction of sp³-hybridized carbons (Fsp3) is 0.286. The van der Waals surface area contributed by atoms with Gasteiger partial charge >= 0.3 is 0 Å². The summed E-state index contributed by atoms with van der Waals surface area (Å²) in [6.07, 6.45) is 2.52. The van der Waals surface area contributed by atoms with E-state index in [1.54, 1.807) is 33.1 Å². The number of amides is 3. The van der Waals surface area contributed by atoms with Gasteiger partial charge in [0.15, 0.2) is 0 Å². The molecule has 0 unspecified atom stereocenters. The van der Waals surface area contributed by atoms with Crippen LogP contribution in [0.25, 0.3) is 5.57 Å². The van der Waals surface area contributed by atoms with Gasteiger partial charge in [-0.25, -0.2) is 4.99 Å². The summed E-state index contributed by atoms with van der Waals surface area (Å²) in [5.41, 5.74) is 7.17. The molecule has 0 aliphatic carbocycles. The Morgan fingerprint density at radius 3 is 2.42 bits per heavy atom. The first kappa shape index (κ1) is 25.7. The molecule has 3 aliphatic heterocycles. The van der Waals surface area contributed by atoms with Gasteiger partial charge in [0.1, 0.15) is 11.6 Å². The SMILES string of the molecule is COc1cccc(C(=O)N2CCN(C=C3CC(NN4C(=O)C(C)=C(C)C4=O)=Nc4cc(Br)ccc43)CC2)c1. The van der Waals surface area contributed by atoms with E-state index in [9.17, 15) is 14.4 Å². The second kappa shape index (κ2) is 10.4. The van der Waals surface area contributed by atoms with Crippen LogP contribution in [0.2, 0.25) is 0 Å². The fourth-order valence-electron chi connectivity index (χ4n) is 4.70. The highest BCUT2D eigenvalue weighted by Gasteiger charge is 2.35. The smallest absolute Gasteiger partial charge is 0.275 e. The van der Waals surface area contributed by atoms with Crippen LogP contribution in [0.1, 0.15) is 36.2 Å². The van der Waals surface area contributed by atoms with Gasteiger partial charge < -0.3 is 14.5 Å². The molecule has 196 valence electrons. The Hall–Kier alpha value is -3.92. The quantitative estimate of drug-likeness (QED) is 0.554. The lowest BCUT2D eigenvalue weighted by Gasteiger charge is -2.35. The van der Waals surface area contributed by atoms with Gasteiger partial charge in [-0.3, -0.25) is 19.8 Å². The van der Waals surface area contributed by atoms with Gasteiger partial charge in [-0.15, -0.1) is 0 Å². The van der Waals surface area contributed by atoms with E-state index in [1.165, 1.54) is 0 Å². The Balaban J connectivity index is 1.32. The van der Waals surface area contributed by atoms with Crippen molar-refractivity contribution in [3.8, 4) is 5.75 Å². The predicted octanol–water partition coefficient (Wildman–Crippen LogP) is 3.90. The van der Waals surface area contributed by atoms with Crippen molar-refractivity contribution in [3.05, 3.63) is 75.4 Å². The lowest BCUT2D eigenvalue weighted by atomic mass is 9.98. The first-order valence-corrected chi connectivity index (χ1v) is 13.1. The van der Waals surface area contributed by atoms with Crippen LogP contribution in [0.4, 0.5) is 5.69 Å². The number of amidine groups is 1. The number of piperazine rings is 1. The predicted molar refractivity (Wildman–Crippen MR) is 148 cm³/mol. The molecule has 0 spiro atoms. The summed E-state index contributed by atoms with van der Waals surface area (Å²) in [4.78, 5) is 46.9. The molecule has 1 fully saturated rings. The van der Waals surface area contributed by atoms with E-state index in [-0.39, 0.29) is 17.7 Å². The summed E-state index contributed by atoms with van der Waals surface area (Å²) in [6.45, 7) is 5.83. The lowest BCUT2D eigenvalue weighted by molar-refractivity contribution is -0.139. The second-order valence-corrected chi connectivity index (χ2v) is 10.3. The fourth-order valence-corrected chi connectivity index (χ4v) is 5.05. The monoisotopic (exact) mass is 577 g/mol. The average molecular weight is 578 g/mol. The van der Waals surface area contributed by atoms with E-state index >= 15 is 0 Å². The highest BCUT2D eigenvalue weighted by atomic mass is 79.9. The molecule has 2 aromatic rings. The summed E-state index contributed by atoms with van der Waals surface area (Å²) in [5, 5.41) is 1.03. The van der Waals surface area contributed by atoms with Crippen LogP contribution < -0.4 is 10.2 Å². The van der Waals surface area contributed by atoms with E-state index in [2.05, 4.69) is 32.5 Å². The Bertz CT molecular complexity index is 1400. The standard InChI is InChI=1S/C28H28BrN5O4/c1-17-18(2)27(36)34(26(17)35)31-25-14-20(23-8-7-21(29)15-24(23)30-25)16-32-9-11-33(12-10-32)28(37)19-5-4-6-22(13-19)38-3/h4-8,13,15-16H,9-12,14H2,1-3H3,(H,30,31). The van der Waals surface area contributed by atoms with Crippen LogP contribution in [0.15, 0.2) is 69.3 Å². The van der Waals surface area contributed by atoms with Crippen molar-refractivity contribution >= 4 is 50.7 Å². The maximum Gasteiger partial charge on any atom is 0.275 e. The number of rotatable bonds is 4. The minimum Gasteiger partial charge on any atom is -0.497 e. The third-order valence-corrected chi connectivity index (χ3v) is 7.52. The molecule has 9 nitrogen and oxygen atoms in total. The number of nitrogens with one attached hydrogen (secondary N) is 1. The van der Waals surface area contributed by atoms with E-state index in [0.717, 1.165) is 26.3 Å². The first-order chi connectivity index (χ1) is 18.2. The van der Waals surface area contributed by atoms with Crippen molar-refractivity contribution in [1.82, 2.24) is 20.2 Å². The van der Waals surface area contributed by atoms with Gasteiger partial charge in [0.05, 0.1) is 12.8 Å². The molecular formula is C28H28BrN5O4. The summed E-state index contributed by atoms with van der Waals surface area (Å²) >= 11 is 3.51. The number of aliphatic imine (C=N–C) groups is 1. The van der Waals surface area contributed by atoms with Gasteiger partial charge in [-0.2, -0.15) is 5.01 Å². The number of benzene rings is 2. The van der Waals surface area contributed by atoms with Crippen molar-refractivity contribution < 1.29 is 19.1 Å². The Morgan fingerprint density at radius 2 is 1.74 bits per heavy atom. The third-order valence-electron chi connectivity index (χ3n) is 7.03. The molecule has 3 aliphatic rings. The lowest BCUT2D eigenvalue weighted by Crippen LogP contribution is -2.48. The number of ether oxygens (including phenoxy) is 1. The van der Waals surface area contributed by atoms with Crippen molar-refractivity contribution in [2.75, 3.05) is 33.3 Å². The molecule has 2 aromatic carbocycles. The summed E-state index contributed by atoms with van der Waals surface area (Å²) in [5.74, 6) is 0.432. The van der Waals surface area contributed by atoms with Crippen LogP contribution in [0.5, 0.6) is 5.75 Å². The average Bonchev–Trinajstić information content (AvgIpc) is 3.10. The van der Waals surface area contributed by atoms with Gasteiger partial charge in [0, 0.05) is 65.5 Å². The second-order valence-electron chi connectivity index (χ2n) is 9.42. The van der Waals surface area contributed by atoms with Crippen LogP contribution in [0, 0.1) is 0 Å². The number of carbonyl (C=O) groups is 3. The number of carbonyl (C=O) groups excluding carboxylic acids is 3. The van der Waals surface area contributed by atoms with E-state index < -0.39 is 0 Å². The zero-order valence-electron chi connectivity index (χ0n) is 21.5. The molecule has 0 atom stereocenters. The van der Waals surface area contributed by atoms with Crippen molar-refractivity contribution in [2.24, 2.45) is 4.99 Å². The van der Waals surface area contributed by atoms with Gasteiger partial charge in [0.2, 0.25) is 0 Å². The van der Waals surface area contributed by atoms with Crippen molar-refractivity contribution in [3.63, 3.8) is 0 Å². The molecule has 0 radical (unpaired) electrons. The molecule has 38 heavy (non-hydrogen) atoms. The zero-order valence-corrected chi connectivity index (χ0v) is 23.0. The number of methoxy groups -OCH3 is 1. The molecule has 3 amide bonds. The van der Waals surface area contributed by atoms with E-state index in [1.807, 2.05) is 35.2 Å². The number of imide groups is 1. The molecule has 1 N–H and O–H groups in total. The van der Waals surface area contributed by atoms with Crippen LogP contribution in [0.3, 0.4) is 0 Å². The number of fused-ring (bicyclic) bond motifs is 1. The number of hydrazine groups is 1. The molecule has 1 saturated heterocycles. The van der Waals surface area contributed by atoms with Crippen LogP contribution in [-0.4, -0.2) is 71.7 Å². The summed E-state index contributed by atoms with van der Waals surface area (Å²) in [6, 6.07) is 13.1. The molecule has 0 saturated carbocycles. The number of hydrogen-bond donors (Lipinski definition) is 1. The van der Waals surface area contributed by atoms with Gasteiger partial charge in [-0.05, 0) is 49.8 Å². The number of halogens is 1.